The summed E-state index contributed by atoms with van der Waals surface area (Å²) >= 11 is 0. The number of imidazole rings is 1. The van der Waals surface area contributed by atoms with E-state index in [1.165, 1.54) is 37.7 Å². The number of aryl methyl sites for hydroxylation is 2. The molecule has 0 fully saturated rings. The largest absolute Gasteiger partial charge is 0.480 e. The van der Waals surface area contributed by atoms with Crippen molar-refractivity contribution in [2.75, 3.05) is 12.4 Å². The summed E-state index contributed by atoms with van der Waals surface area (Å²) in [5.74, 6) is -0.235. The number of hydrogen-bond donors (Lipinski definition) is 2. The van der Waals surface area contributed by atoms with Gasteiger partial charge in [0.1, 0.15) is 17.6 Å². The molecule has 5 rings (SSSR count). The number of hydrogen-bond acceptors (Lipinski definition) is 8. The Balaban J connectivity index is 1.65. The third-order valence-corrected chi connectivity index (χ3v) is 6.56. The zero-order valence-corrected chi connectivity index (χ0v) is 22.5. The zero-order valence-electron chi connectivity index (χ0n) is 22.5. The van der Waals surface area contributed by atoms with Gasteiger partial charge in [0.25, 0.3) is 5.91 Å². The van der Waals surface area contributed by atoms with Gasteiger partial charge in [0.15, 0.2) is 17.1 Å². The number of benzene rings is 2. The summed E-state index contributed by atoms with van der Waals surface area (Å²) in [5.41, 5.74) is -0.171. The van der Waals surface area contributed by atoms with Gasteiger partial charge in [-0.15, -0.1) is 5.10 Å². The van der Waals surface area contributed by atoms with E-state index in [4.69, 9.17) is 9.72 Å². The van der Waals surface area contributed by atoms with Gasteiger partial charge in [-0.3, -0.25) is 14.8 Å². The van der Waals surface area contributed by atoms with Gasteiger partial charge in [0.05, 0.1) is 12.6 Å². The van der Waals surface area contributed by atoms with Crippen molar-refractivity contribution in [3.63, 3.8) is 0 Å². The van der Waals surface area contributed by atoms with Gasteiger partial charge in [-0.25, -0.2) is 9.97 Å². The van der Waals surface area contributed by atoms with Crippen LogP contribution in [0.1, 0.15) is 41.2 Å². The van der Waals surface area contributed by atoms with Crippen molar-refractivity contribution in [1.29, 1.82) is 0 Å². The Labute approximate surface area is 233 Å². The van der Waals surface area contributed by atoms with Crippen LogP contribution in [0.15, 0.2) is 67.0 Å². The van der Waals surface area contributed by atoms with Crippen LogP contribution in [0.4, 0.5) is 14.7 Å². The lowest BCUT2D eigenvalue weighted by atomic mass is 9.85. The molecular weight excluding hydrogens is 536 g/mol. The quantitative estimate of drug-likeness (QED) is 0.259. The SMILES string of the molecule is CCn1cnc(NC(=O)c2cc3c(nc2OC)nc(C(O)(c2ccccc2)c2ccc(OC(F)F)cc2)n3CC)n1. The molecule has 13 heteroatoms. The lowest BCUT2D eigenvalue weighted by Gasteiger charge is -2.29. The van der Waals surface area contributed by atoms with Gasteiger partial charge in [-0.1, -0.05) is 42.5 Å². The number of ether oxygens (including phenoxy) is 2. The fourth-order valence-electron chi connectivity index (χ4n) is 4.60. The van der Waals surface area contributed by atoms with Crippen molar-refractivity contribution >= 4 is 23.0 Å². The smallest absolute Gasteiger partial charge is 0.387 e. The van der Waals surface area contributed by atoms with Crippen LogP contribution in [0.25, 0.3) is 11.2 Å². The molecule has 0 aliphatic rings. The average Bonchev–Trinajstić information content (AvgIpc) is 3.60. The van der Waals surface area contributed by atoms with Crippen LogP contribution in [0.5, 0.6) is 11.6 Å². The van der Waals surface area contributed by atoms with E-state index >= 15 is 0 Å². The first kappa shape index (κ1) is 27.6. The van der Waals surface area contributed by atoms with Crippen molar-refractivity contribution in [1.82, 2.24) is 29.3 Å². The molecule has 1 unspecified atom stereocenters. The fraction of sp³-hybridized carbons (Fsp3) is 0.250. The summed E-state index contributed by atoms with van der Waals surface area (Å²) in [7, 11) is 1.38. The molecule has 0 saturated carbocycles. The lowest BCUT2D eigenvalue weighted by Crippen LogP contribution is -2.32. The molecule has 1 amide bonds. The minimum Gasteiger partial charge on any atom is -0.480 e. The molecular formula is C28H27F2N7O4. The number of anilines is 1. The summed E-state index contributed by atoms with van der Waals surface area (Å²) in [4.78, 5) is 26.5. The Morgan fingerprint density at radius 2 is 1.76 bits per heavy atom. The molecule has 0 spiro atoms. The van der Waals surface area contributed by atoms with E-state index in [1.54, 1.807) is 39.6 Å². The third kappa shape index (κ3) is 5.18. The predicted octanol–water partition coefficient (Wildman–Crippen LogP) is 4.21. The highest BCUT2D eigenvalue weighted by atomic mass is 19.3. The van der Waals surface area contributed by atoms with Crippen LogP contribution in [-0.4, -0.2) is 54.0 Å². The second-order valence-electron chi connectivity index (χ2n) is 8.92. The summed E-state index contributed by atoms with van der Waals surface area (Å²) in [6.45, 7) is 1.72. The first-order valence-electron chi connectivity index (χ1n) is 12.8. The van der Waals surface area contributed by atoms with Crippen LogP contribution < -0.4 is 14.8 Å². The number of halogens is 2. The Kier molecular flexibility index (Phi) is 7.62. The maximum absolute atomic E-state index is 13.2. The van der Waals surface area contributed by atoms with Gasteiger partial charge >= 0.3 is 6.61 Å². The normalized spacial score (nSPS) is 12.9. The molecule has 0 bridgehead atoms. The number of rotatable bonds is 10. The standard InChI is InChI=1S/C28H27F2N7O4/c1-4-36-16-31-27(35-36)34-23(38)20-15-21-22(32-24(20)40-3)33-25(37(21)5-2)28(39,17-9-7-6-8-10-17)18-11-13-19(14-12-18)41-26(29)30/h6-16,26,39H,4-5H2,1-3H3,(H,34,35,38). The van der Waals surface area contributed by atoms with Gasteiger partial charge in [-0.05, 0) is 43.2 Å². The molecule has 11 nitrogen and oxygen atoms in total. The molecule has 0 radical (unpaired) electrons. The van der Waals surface area contributed by atoms with Crippen LogP contribution >= 0.6 is 0 Å². The molecule has 0 aliphatic carbocycles. The van der Waals surface area contributed by atoms with E-state index in [9.17, 15) is 18.7 Å². The third-order valence-electron chi connectivity index (χ3n) is 6.56. The van der Waals surface area contributed by atoms with Crippen molar-refractivity contribution < 1.29 is 28.2 Å². The second kappa shape index (κ2) is 11.3. The number of methoxy groups -OCH3 is 1. The first-order chi connectivity index (χ1) is 19.8. The molecule has 41 heavy (non-hydrogen) atoms. The number of nitrogens with zero attached hydrogens (tertiary/aromatic N) is 6. The number of nitrogens with one attached hydrogen (secondary N) is 1. The summed E-state index contributed by atoms with van der Waals surface area (Å²) in [6, 6.07) is 16.1. The Hall–Kier alpha value is -4.91. The molecule has 5 aromatic rings. The van der Waals surface area contributed by atoms with Crippen LogP contribution in [0.3, 0.4) is 0 Å². The number of carbonyl (C=O) groups is 1. The van der Waals surface area contributed by atoms with E-state index in [1.807, 2.05) is 19.9 Å². The van der Waals surface area contributed by atoms with Crippen LogP contribution in [0.2, 0.25) is 0 Å². The van der Waals surface area contributed by atoms with E-state index in [2.05, 4.69) is 25.1 Å². The topological polar surface area (TPSA) is 129 Å². The highest BCUT2D eigenvalue weighted by molar-refractivity contribution is 6.06. The van der Waals surface area contributed by atoms with Crippen molar-refractivity contribution in [3.8, 4) is 11.6 Å². The molecule has 3 heterocycles. The Bertz CT molecular complexity index is 1670. The highest BCUT2D eigenvalue weighted by Crippen LogP contribution is 2.39. The number of pyridine rings is 1. The second-order valence-corrected chi connectivity index (χ2v) is 8.92. The molecule has 0 saturated heterocycles. The summed E-state index contributed by atoms with van der Waals surface area (Å²) in [6.07, 6.45) is 1.50. The van der Waals surface area contributed by atoms with Gasteiger partial charge in [-0.2, -0.15) is 13.8 Å². The number of carbonyl (C=O) groups excluding carboxylic acids is 1. The number of alkyl halides is 2. The average molecular weight is 564 g/mol. The first-order valence-corrected chi connectivity index (χ1v) is 12.8. The number of fused-ring (bicyclic) bond motifs is 1. The highest BCUT2D eigenvalue weighted by Gasteiger charge is 2.39. The predicted molar refractivity (Wildman–Crippen MR) is 145 cm³/mol. The van der Waals surface area contributed by atoms with Gasteiger partial charge in [0.2, 0.25) is 11.8 Å². The molecule has 0 aliphatic heterocycles. The van der Waals surface area contributed by atoms with E-state index in [0.717, 1.165) is 0 Å². The minimum absolute atomic E-state index is 0.0222. The molecule has 3 aromatic heterocycles. The monoisotopic (exact) mass is 563 g/mol. The van der Waals surface area contributed by atoms with E-state index < -0.39 is 18.1 Å². The van der Waals surface area contributed by atoms with Crippen LogP contribution in [-0.2, 0) is 18.7 Å². The van der Waals surface area contributed by atoms with Crippen molar-refractivity contribution in [2.24, 2.45) is 0 Å². The lowest BCUT2D eigenvalue weighted by molar-refractivity contribution is -0.0498. The molecule has 2 aromatic carbocycles. The molecule has 212 valence electrons. The maximum atomic E-state index is 13.2. The Morgan fingerprint density at radius 3 is 2.37 bits per heavy atom. The minimum atomic E-state index is -2.98. The van der Waals surface area contributed by atoms with Crippen molar-refractivity contribution in [2.45, 2.75) is 39.1 Å². The van der Waals surface area contributed by atoms with Crippen molar-refractivity contribution in [3.05, 3.63) is 89.5 Å². The van der Waals surface area contributed by atoms with E-state index in [0.29, 0.717) is 29.7 Å². The van der Waals surface area contributed by atoms with Gasteiger partial charge in [0, 0.05) is 13.1 Å². The number of amides is 1. The van der Waals surface area contributed by atoms with E-state index in [-0.39, 0.29) is 34.6 Å². The zero-order chi connectivity index (χ0) is 29.1. The maximum Gasteiger partial charge on any atom is 0.387 e. The number of aromatic nitrogens is 6. The summed E-state index contributed by atoms with van der Waals surface area (Å²) in [5, 5.41) is 19.2. The fourth-order valence-corrected chi connectivity index (χ4v) is 4.60. The Morgan fingerprint density at radius 1 is 1.05 bits per heavy atom. The van der Waals surface area contributed by atoms with Crippen LogP contribution in [0, 0.1) is 0 Å². The number of aliphatic hydroxyl groups is 1. The summed E-state index contributed by atoms with van der Waals surface area (Å²) < 4.78 is 38.7. The molecule has 2 N–H and O–H groups in total. The van der Waals surface area contributed by atoms with Gasteiger partial charge < -0.3 is 19.1 Å². The molecule has 1 atom stereocenters.